The summed E-state index contributed by atoms with van der Waals surface area (Å²) in [6.45, 7) is 2.53. The number of esters is 1. The SMILES string of the molecule is CCCn1c2c(c(=O)[nH]c1=O)[C@@H](c1ccccc1)C1=C(COC1=O)N2. The first kappa shape index (κ1) is 15.4. The van der Waals surface area contributed by atoms with E-state index in [2.05, 4.69) is 10.3 Å². The summed E-state index contributed by atoms with van der Waals surface area (Å²) in [5.41, 5.74) is 1.28. The Morgan fingerprint density at radius 3 is 2.68 bits per heavy atom. The molecule has 25 heavy (non-hydrogen) atoms. The Bertz CT molecular complexity index is 1000. The number of carbonyl (C=O) groups is 1. The smallest absolute Gasteiger partial charge is 0.337 e. The highest BCUT2D eigenvalue weighted by Crippen LogP contribution is 2.42. The largest absolute Gasteiger partial charge is 0.456 e. The molecule has 1 aromatic heterocycles. The molecule has 2 N–H and O–H groups in total. The second-order valence-electron chi connectivity index (χ2n) is 6.11. The van der Waals surface area contributed by atoms with Gasteiger partial charge in [-0.15, -0.1) is 0 Å². The number of rotatable bonds is 3. The molecule has 2 aliphatic heterocycles. The van der Waals surface area contributed by atoms with Crippen molar-refractivity contribution in [3.05, 3.63) is 73.6 Å². The van der Waals surface area contributed by atoms with Crippen molar-refractivity contribution in [2.45, 2.75) is 25.8 Å². The Morgan fingerprint density at radius 1 is 1.20 bits per heavy atom. The lowest BCUT2D eigenvalue weighted by Gasteiger charge is -2.28. The fourth-order valence-corrected chi connectivity index (χ4v) is 3.50. The first-order chi connectivity index (χ1) is 12.1. The molecule has 0 unspecified atom stereocenters. The molecule has 7 heteroatoms. The minimum atomic E-state index is -0.560. The highest BCUT2D eigenvalue weighted by atomic mass is 16.5. The molecule has 2 aromatic rings. The molecule has 0 bridgehead atoms. The zero-order valence-corrected chi connectivity index (χ0v) is 13.7. The fourth-order valence-electron chi connectivity index (χ4n) is 3.50. The summed E-state index contributed by atoms with van der Waals surface area (Å²) in [5, 5.41) is 3.10. The van der Waals surface area contributed by atoms with Crippen LogP contribution in [0.2, 0.25) is 0 Å². The summed E-state index contributed by atoms with van der Waals surface area (Å²) in [6, 6.07) is 9.31. The monoisotopic (exact) mass is 339 g/mol. The maximum atomic E-state index is 12.6. The summed E-state index contributed by atoms with van der Waals surface area (Å²) in [5.74, 6) is -0.550. The van der Waals surface area contributed by atoms with Gasteiger partial charge in [-0.1, -0.05) is 37.3 Å². The highest BCUT2D eigenvalue weighted by Gasteiger charge is 2.41. The van der Waals surface area contributed by atoms with Crippen molar-refractivity contribution in [1.29, 1.82) is 0 Å². The minimum Gasteiger partial charge on any atom is -0.456 e. The lowest BCUT2D eigenvalue weighted by atomic mass is 9.83. The Hall–Kier alpha value is -3.09. The predicted octanol–water partition coefficient (Wildman–Crippen LogP) is 1.31. The van der Waals surface area contributed by atoms with Crippen LogP contribution in [-0.4, -0.2) is 22.1 Å². The Morgan fingerprint density at radius 2 is 1.96 bits per heavy atom. The molecule has 1 atom stereocenters. The highest BCUT2D eigenvalue weighted by molar-refractivity contribution is 5.96. The summed E-state index contributed by atoms with van der Waals surface area (Å²) in [7, 11) is 0. The molecule has 0 saturated carbocycles. The average Bonchev–Trinajstić information content (AvgIpc) is 2.98. The maximum Gasteiger partial charge on any atom is 0.337 e. The number of cyclic esters (lactones) is 1. The third-order valence-electron chi connectivity index (χ3n) is 4.55. The van der Waals surface area contributed by atoms with Gasteiger partial charge in [0.1, 0.15) is 12.4 Å². The number of hydrogen-bond acceptors (Lipinski definition) is 5. The summed E-state index contributed by atoms with van der Waals surface area (Å²) < 4.78 is 6.69. The Kier molecular flexibility index (Phi) is 3.56. The van der Waals surface area contributed by atoms with Crippen molar-refractivity contribution in [2.24, 2.45) is 0 Å². The Labute approximate surface area is 143 Å². The van der Waals surface area contributed by atoms with Crippen molar-refractivity contribution in [1.82, 2.24) is 9.55 Å². The van der Waals surface area contributed by atoms with E-state index in [1.807, 2.05) is 37.3 Å². The molecule has 3 heterocycles. The van der Waals surface area contributed by atoms with Gasteiger partial charge >= 0.3 is 11.7 Å². The van der Waals surface area contributed by atoms with Gasteiger partial charge in [0.05, 0.1) is 22.8 Å². The molecule has 0 fully saturated rings. The maximum absolute atomic E-state index is 12.6. The summed E-state index contributed by atoms with van der Waals surface area (Å²) >= 11 is 0. The normalized spacial score (nSPS) is 18.4. The van der Waals surface area contributed by atoms with Crippen molar-refractivity contribution < 1.29 is 9.53 Å². The van der Waals surface area contributed by atoms with Crippen LogP contribution < -0.4 is 16.6 Å². The number of fused-ring (bicyclic) bond motifs is 1. The summed E-state index contributed by atoms with van der Waals surface area (Å²) in [4.78, 5) is 39.6. The van der Waals surface area contributed by atoms with Crippen LogP contribution in [0.3, 0.4) is 0 Å². The molecule has 128 valence electrons. The van der Waals surface area contributed by atoms with E-state index in [4.69, 9.17) is 4.74 Å². The predicted molar refractivity (Wildman–Crippen MR) is 91.5 cm³/mol. The number of ether oxygens (including phenoxy) is 1. The molecule has 0 spiro atoms. The van der Waals surface area contributed by atoms with E-state index in [0.29, 0.717) is 29.2 Å². The molecular weight excluding hydrogens is 322 g/mol. The van der Waals surface area contributed by atoms with Crippen LogP contribution in [0.4, 0.5) is 5.82 Å². The molecule has 4 rings (SSSR count). The molecule has 0 amide bonds. The molecule has 2 aliphatic rings. The number of nitrogens with zero attached hydrogens (tertiary/aromatic N) is 1. The van der Waals surface area contributed by atoms with E-state index in [0.717, 1.165) is 12.0 Å². The van der Waals surface area contributed by atoms with Gasteiger partial charge in [0.25, 0.3) is 5.56 Å². The third kappa shape index (κ3) is 2.31. The van der Waals surface area contributed by atoms with Gasteiger partial charge in [-0.2, -0.15) is 0 Å². The Balaban J connectivity index is 2.04. The van der Waals surface area contributed by atoms with Crippen LogP contribution in [0.5, 0.6) is 0 Å². The standard InChI is InChI=1S/C18H17N3O4/c1-2-8-21-15-14(16(22)20-18(21)24)12(10-6-4-3-5-7-10)13-11(19-15)9-25-17(13)23/h3-7,12,19H,2,8-9H2,1H3,(H,20,22,24)/t12-/m0/s1. The van der Waals surface area contributed by atoms with E-state index in [1.54, 1.807) is 0 Å². The molecule has 0 aliphatic carbocycles. The van der Waals surface area contributed by atoms with Crippen molar-refractivity contribution >= 4 is 11.8 Å². The lowest BCUT2D eigenvalue weighted by Crippen LogP contribution is -2.38. The third-order valence-corrected chi connectivity index (χ3v) is 4.55. The minimum absolute atomic E-state index is 0.115. The van der Waals surface area contributed by atoms with Crippen LogP contribution >= 0.6 is 0 Å². The summed E-state index contributed by atoms with van der Waals surface area (Å²) in [6.07, 6.45) is 0.734. The van der Waals surface area contributed by atoms with E-state index >= 15 is 0 Å². The number of hydrogen-bond donors (Lipinski definition) is 2. The fraction of sp³-hybridized carbons (Fsp3) is 0.278. The van der Waals surface area contributed by atoms with Crippen LogP contribution in [0.15, 0.2) is 51.2 Å². The molecule has 0 saturated heterocycles. The van der Waals surface area contributed by atoms with Gasteiger partial charge < -0.3 is 10.1 Å². The van der Waals surface area contributed by atoms with Crippen molar-refractivity contribution in [3.8, 4) is 0 Å². The van der Waals surface area contributed by atoms with E-state index in [-0.39, 0.29) is 6.61 Å². The number of anilines is 1. The van der Waals surface area contributed by atoms with Crippen molar-refractivity contribution in [2.75, 3.05) is 11.9 Å². The zero-order chi connectivity index (χ0) is 17.6. The lowest BCUT2D eigenvalue weighted by molar-refractivity contribution is -0.136. The van der Waals surface area contributed by atoms with Gasteiger partial charge in [-0.3, -0.25) is 14.3 Å². The number of benzene rings is 1. The first-order valence-electron chi connectivity index (χ1n) is 8.21. The molecule has 7 nitrogen and oxygen atoms in total. The number of aromatic amines is 1. The van der Waals surface area contributed by atoms with Gasteiger partial charge in [0, 0.05) is 6.54 Å². The van der Waals surface area contributed by atoms with Gasteiger partial charge in [0.15, 0.2) is 0 Å². The second kappa shape index (κ2) is 5.77. The number of H-pyrrole nitrogens is 1. The van der Waals surface area contributed by atoms with Gasteiger partial charge in [-0.05, 0) is 12.0 Å². The second-order valence-corrected chi connectivity index (χ2v) is 6.11. The van der Waals surface area contributed by atoms with Crippen LogP contribution in [0.25, 0.3) is 0 Å². The zero-order valence-electron chi connectivity index (χ0n) is 13.7. The first-order valence-corrected chi connectivity index (χ1v) is 8.21. The topological polar surface area (TPSA) is 93.2 Å². The number of carbonyl (C=O) groups excluding carboxylic acids is 1. The number of nitrogens with one attached hydrogen (secondary N) is 2. The molecule has 1 aromatic carbocycles. The van der Waals surface area contributed by atoms with Crippen LogP contribution in [0, 0.1) is 0 Å². The van der Waals surface area contributed by atoms with E-state index in [1.165, 1.54) is 4.57 Å². The van der Waals surface area contributed by atoms with Crippen LogP contribution in [-0.2, 0) is 16.1 Å². The average molecular weight is 339 g/mol. The number of aromatic nitrogens is 2. The molecular formula is C18H17N3O4. The van der Waals surface area contributed by atoms with Crippen molar-refractivity contribution in [3.63, 3.8) is 0 Å². The van der Waals surface area contributed by atoms with Gasteiger partial charge in [-0.25, -0.2) is 9.59 Å². The van der Waals surface area contributed by atoms with E-state index < -0.39 is 23.1 Å². The molecule has 0 radical (unpaired) electrons. The quantitative estimate of drug-likeness (QED) is 0.823. The van der Waals surface area contributed by atoms with Gasteiger partial charge in [0.2, 0.25) is 0 Å². The van der Waals surface area contributed by atoms with Crippen LogP contribution in [0.1, 0.15) is 30.4 Å². The van der Waals surface area contributed by atoms with E-state index in [9.17, 15) is 14.4 Å².